The van der Waals surface area contributed by atoms with Crippen molar-refractivity contribution >= 4 is 28.5 Å². The van der Waals surface area contributed by atoms with Crippen LogP contribution >= 0.6 is 11.6 Å². The topological polar surface area (TPSA) is 74.6 Å². The van der Waals surface area contributed by atoms with Crippen molar-refractivity contribution in [2.24, 2.45) is 0 Å². The molecule has 0 saturated heterocycles. The molecule has 0 saturated carbocycles. The summed E-state index contributed by atoms with van der Waals surface area (Å²) in [6.07, 6.45) is 4.60. The number of carbonyl (C=O) groups is 1. The van der Waals surface area contributed by atoms with Crippen LogP contribution in [-0.4, -0.2) is 42.8 Å². The molecule has 0 spiro atoms. The van der Waals surface area contributed by atoms with E-state index in [1.807, 2.05) is 36.4 Å². The Kier molecular flexibility index (Phi) is 9.87. The molecule has 0 bridgehead atoms. The molecule has 4 aromatic rings. The Bertz CT molecular complexity index is 1350. The largest absolute Gasteiger partial charge is 0.493 e. The summed E-state index contributed by atoms with van der Waals surface area (Å²) in [4.78, 5) is 17.4. The molecule has 1 aromatic heterocycles. The predicted molar refractivity (Wildman–Crippen MR) is 151 cm³/mol. The van der Waals surface area contributed by atoms with Gasteiger partial charge in [0.15, 0.2) is 11.5 Å². The van der Waals surface area contributed by atoms with Crippen LogP contribution in [0.5, 0.6) is 17.2 Å². The summed E-state index contributed by atoms with van der Waals surface area (Å²) < 4.78 is 18.7. The van der Waals surface area contributed by atoms with Crippen molar-refractivity contribution in [1.29, 1.82) is 0 Å². The standard InChI is InChI=1S/C30H34ClN3O4/c1-36-27-17-16-22(21-28(27)37-2)30(35)32-18-9-3-4-15-29-33-24-12-6-7-13-25(24)34(29)19-10-20-38-26-14-8-5-11-23(26)31/h5-8,11-14,16-17,21H,3-4,9-10,15,18-20H2,1-2H3,(H,32,35). The molecule has 0 aliphatic carbocycles. The fraction of sp³-hybridized carbons (Fsp3) is 0.333. The van der Waals surface area contributed by atoms with Crippen molar-refractivity contribution in [3.8, 4) is 17.2 Å². The zero-order valence-electron chi connectivity index (χ0n) is 21.9. The van der Waals surface area contributed by atoms with E-state index in [2.05, 4.69) is 22.0 Å². The number of para-hydroxylation sites is 3. The number of nitrogens with zero attached hydrogens (tertiary/aromatic N) is 2. The molecule has 0 atom stereocenters. The Morgan fingerprint density at radius 1 is 0.895 bits per heavy atom. The summed E-state index contributed by atoms with van der Waals surface area (Å²) in [6, 6.07) is 20.9. The number of hydrogen-bond acceptors (Lipinski definition) is 5. The minimum Gasteiger partial charge on any atom is -0.493 e. The van der Waals surface area contributed by atoms with Crippen molar-refractivity contribution in [3.63, 3.8) is 0 Å². The van der Waals surface area contributed by atoms with E-state index < -0.39 is 0 Å². The van der Waals surface area contributed by atoms with E-state index in [9.17, 15) is 4.79 Å². The van der Waals surface area contributed by atoms with Crippen LogP contribution in [0, 0.1) is 0 Å². The van der Waals surface area contributed by atoms with E-state index in [-0.39, 0.29) is 5.91 Å². The van der Waals surface area contributed by atoms with E-state index in [4.69, 9.17) is 30.8 Å². The lowest BCUT2D eigenvalue weighted by atomic mass is 10.1. The van der Waals surface area contributed by atoms with Crippen molar-refractivity contribution < 1.29 is 19.0 Å². The second kappa shape index (κ2) is 13.7. The third-order valence-electron chi connectivity index (χ3n) is 6.36. The molecule has 0 unspecified atom stereocenters. The number of fused-ring (bicyclic) bond motifs is 1. The minimum absolute atomic E-state index is 0.119. The number of benzene rings is 3. The minimum atomic E-state index is -0.119. The first-order chi connectivity index (χ1) is 18.6. The number of ether oxygens (including phenoxy) is 3. The highest BCUT2D eigenvalue weighted by Gasteiger charge is 2.12. The highest BCUT2D eigenvalue weighted by Crippen LogP contribution is 2.27. The number of aryl methyl sites for hydroxylation is 2. The molecule has 7 nitrogen and oxygen atoms in total. The van der Waals surface area contributed by atoms with Crippen LogP contribution in [0.3, 0.4) is 0 Å². The van der Waals surface area contributed by atoms with Crippen molar-refractivity contribution in [3.05, 3.63) is 83.1 Å². The summed E-state index contributed by atoms with van der Waals surface area (Å²) in [5.74, 6) is 2.81. The second-order valence-corrected chi connectivity index (χ2v) is 9.34. The van der Waals surface area contributed by atoms with Gasteiger partial charge in [-0.2, -0.15) is 0 Å². The molecule has 1 amide bonds. The Hall–Kier alpha value is -3.71. The van der Waals surface area contributed by atoms with Gasteiger partial charge >= 0.3 is 0 Å². The molecule has 200 valence electrons. The van der Waals surface area contributed by atoms with Gasteiger partial charge in [0.1, 0.15) is 11.6 Å². The van der Waals surface area contributed by atoms with Crippen molar-refractivity contribution in [1.82, 2.24) is 14.9 Å². The van der Waals surface area contributed by atoms with Gasteiger partial charge in [0, 0.05) is 25.1 Å². The lowest BCUT2D eigenvalue weighted by molar-refractivity contribution is 0.0952. The number of amides is 1. The zero-order chi connectivity index (χ0) is 26.7. The van der Waals surface area contributed by atoms with E-state index in [1.165, 1.54) is 0 Å². The maximum Gasteiger partial charge on any atom is 0.251 e. The molecule has 0 radical (unpaired) electrons. The predicted octanol–water partition coefficient (Wildman–Crippen LogP) is 6.32. The monoisotopic (exact) mass is 535 g/mol. The third-order valence-corrected chi connectivity index (χ3v) is 6.67. The summed E-state index contributed by atoms with van der Waals surface area (Å²) in [5, 5.41) is 3.62. The van der Waals surface area contributed by atoms with Crippen molar-refractivity contribution in [2.45, 2.75) is 38.6 Å². The van der Waals surface area contributed by atoms with Gasteiger partial charge in [-0.05, 0) is 61.7 Å². The molecule has 0 fully saturated rings. The van der Waals surface area contributed by atoms with E-state index in [1.54, 1.807) is 32.4 Å². The number of carbonyl (C=O) groups excluding carboxylic acids is 1. The average Bonchev–Trinajstić information content (AvgIpc) is 3.30. The molecule has 38 heavy (non-hydrogen) atoms. The average molecular weight is 536 g/mol. The normalized spacial score (nSPS) is 10.9. The molecule has 1 heterocycles. The maximum atomic E-state index is 12.5. The number of rotatable bonds is 14. The molecule has 1 N–H and O–H groups in total. The number of imidazole rings is 1. The number of nitrogens with one attached hydrogen (secondary N) is 1. The van der Waals surface area contributed by atoms with E-state index >= 15 is 0 Å². The third kappa shape index (κ3) is 6.98. The highest BCUT2D eigenvalue weighted by atomic mass is 35.5. The van der Waals surface area contributed by atoms with Crippen LogP contribution in [-0.2, 0) is 13.0 Å². The Morgan fingerprint density at radius 3 is 2.50 bits per heavy atom. The first kappa shape index (κ1) is 27.3. The van der Waals surface area contributed by atoms with Gasteiger partial charge in [-0.15, -0.1) is 0 Å². The number of unbranched alkanes of at least 4 members (excludes halogenated alkanes) is 2. The summed E-state index contributed by atoms with van der Waals surface area (Å²) in [6.45, 7) is 2.01. The van der Waals surface area contributed by atoms with Gasteiger partial charge in [0.2, 0.25) is 0 Å². The molecule has 0 aliphatic rings. The maximum absolute atomic E-state index is 12.5. The first-order valence-electron chi connectivity index (χ1n) is 12.9. The quantitative estimate of drug-likeness (QED) is 0.191. The summed E-state index contributed by atoms with van der Waals surface area (Å²) in [7, 11) is 3.13. The smallest absolute Gasteiger partial charge is 0.251 e. The number of hydrogen-bond donors (Lipinski definition) is 1. The van der Waals surface area contributed by atoms with Crippen LogP contribution in [0.1, 0.15) is 41.9 Å². The van der Waals surface area contributed by atoms with E-state index in [0.717, 1.165) is 55.5 Å². The van der Waals surface area contributed by atoms with Gasteiger partial charge in [-0.3, -0.25) is 4.79 Å². The van der Waals surface area contributed by atoms with Crippen LogP contribution < -0.4 is 19.5 Å². The fourth-order valence-corrected chi connectivity index (χ4v) is 4.59. The van der Waals surface area contributed by atoms with E-state index in [0.29, 0.717) is 41.0 Å². The molecule has 3 aromatic carbocycles. The molecule has 0 aliphatic heterocycles. The molecular weight excluding hydrogens is 502 g/mol. The summed E-state index contributed by atoms with van der Waals surface area (Å²) >= 11 is 6.20. The molecular formula is C30H34ClN3O4. The van der Waals surface area contributed by atoms with Crippen LogP contribution in [0.4, 0.5) is 0 Å². The number of methoxy groups -OCH3 is 2. The van der Waals surface area contributed by atoms with Gasteiger partial charge in [-0.1, -0.05) is 42.3 Å². The SMILES string of the molecule is COc1ccc(C(=O)NCCCCCc2nc3ccccc3n2CCCOc2ccccc2Cl)cc1OC. The van der Waals surface area contributed by atoms with Gasteiger partial charge in [0.05, 0.1) is 36.9 Å². The Labute approximate surface area is 228 Å². The van der Waals surface area contributed by atoms with Gasteiger partial charge in [0.25, 0.3) is 5.91 Å². The number of aromatic nitrogens is 2. The van der Waals surface area contributed by atoms with Crippen LogP contribution in [0.2, 0.25) is 5.02 Å². The van der Waals surface area contributed by atoms with Gasteiger partial charge in [-0.25, -0.2) is 4.98 Å². The van der Waals surface area contributed by atoms with Crippen molar-refractivity contribution in [2.75, 3.05) is 27.4 Å². The summed E-state index contributed by atoms with van der Waals surface area (Å²) in [5.41, 5.74) is 2.70. The highest BCUT2D eigenvalue weighted by molar-refractivity contribution is 6.32. The fourth-order valence-electron chi connectivity index (χ4n) is 4.40. The Morgan fingerprint density at radius 2 is 1.68 bits per heavy atom. The zero-order valence-corrected chi connectivity index (χ0v) is 22.7. The second-order valence-electron chi connectivity index (χ2n) is 8.94. The van der Waals surface area contributed by atoms with Crippen LogP contribution in [0.15, 0.2) is 66.7 Å². The lowest BCUT2D eigenvalue weighted by Gasteiger charge is -2.11. The van der Waals surface area contributed by atoms with Gasteiger partial charge < -0.3 is 24.1 Å². The molecule has 8 heteroatoms. The van der Waals surface area contributed by atoms with Crippen LogP contribution in [0.25, 0.3) is 11.0 Å². The first-order valence-corrected chi connectivity index (χ1v) is 13.3. The lowest BCUT2D eigenvalue weighted by Crippen LogP contribution is -2.24. The molecule has 4 rings (SSSR count). The number of halogens is 1. The Balaban J connectivity index is 1.24.